The Labute approximate surface area is 609 Å². The van der Waals surface area contributed by atoms with Gasteiger partial charge in [0.2, 0.25) is 0 Å². The maximum Gasteiger partial charge on any atom is 0.472 e. The van der Waals surface area contributed by atoms with Gasteiger partial charge in [-0.3, -0.25) is 37.3 Å². The van der Waals surface area contributed by atoms with Gasteiger partial charge in [-0.1, -0.05) is 268 Å². The van der Waals surface area contributed by atoms with Crippen LogP contribution in [-0.4, -0.2) is 96.7 Å². The number of carbonyl (C=O) groups is 4. The first kappa shape index (κ1) is 96.5. The highest BCUT2D eigenvalue weighted by atomic mass is 31.2. The number of aliphatic hydroxyl groups excluding tert-OH is 1. The van der Waals surface area contributed by atoms with Crippen LogP contribution in [0.5, 0.6) is 0 Å². The van der Waals surface area contributed by atoms with E-state index in [0.29, 0.717) is 25.7 Å². The summed E-state index contributed by atoms with van der Waals surface area (Å²) >= 11 is 0. The van der Waals surface area contributed by atoms with E-state index in [1.807, 2.05) is 0 Å². The Morgan fingerprint density at radius 3 is 0.770 bits per heavy atom. The minimum atomic E-state index is -4.98. The summed E-state index contributed by atoms with van der Waals surface area (Å²) in [7, 11) is -9.96. The average Bonchev–Trinajstić information content (AvgIpc) is 1.25. The van der Waals surface area contributed by atoms with Crippen LogP contribution in [0.3, 0.4) is 0 Å². The number of rotatable bonds is 76. The van der Waals surface area contributed by atoms with Crippen LogP contribution in [0.25, 0.3) is 0 Å². The number of hydrogen-bond donors (Lipinski definition) is 3. The van der Waals surface area contributed by atoms with Gasteiger partial charge in [-0.2, -0.15) is 0 Å². The van der Waals surface area contributed by atoms with E-state index in [2.05, 4.69) is 101 Å². The average molecular weight is 1450 g/mol. The Hall–Kier alpha value is -3.50. The van der Waals surface area contributed by atoms with Crippen molar-refractivity contribution in [3.8, 4) is 0 Å². The second-order valence-electron chi connectivity index (χ2n) is 27.0. The Bertz CT molecular complexity index is 2180. The SMILES string of the molecule is CCCCC/C=C/C/C=C\CCCCCCCC(=O)O[C@H](COC(=O)CCCCCCC/C=C/C/C=C/CCCCC)COP(=O)(O)OC[C@H](O)COP(=O)(O)OC[C@@H](COC(=O)CCCCCCC/C=C/CCCCCCCC)OC(=O)CCCCCCC/C=C/CCCCCCCC. The molecule has 5 atom stereocenters. The highest BCUT2D eigenvalue weighted by Gasteiger charge is 2.30. The monoisotopic (exact) mass is 1450 g/mol. The topological polar surface area (TPSA) is 237 Å². The molecule has 0 fully saturated rings. The van der Waals surface area contributed by atoms with Crippen LogP contribution in [0.1, 0.15) is 362 Å². The lowest BCUT2D eigenvalue weighted by Crippen LogP contribution is -2.30. The molecule has 0 aromatic carbocycles. The van der Waals surface area contributed by atoms with E-state index < -0.39 is 97.5 Å². The molecule has 0 aromatic rings. The summed E-state index contributed by atoms with van der Waals surface area (Å²) in [6, 6.07) is 0. The van der Waals surface area contributed by atoms with Crippen LogP contribution >= 0.6 is 15.6 Å². The lowest BCUT2D eigenvalue weighted by atomic mass is 10.1. The number of carbonyl (C=O) groups excluding carboxylic acids is 4. The van der Waals surface area contributed by atoms with Crippen molar-refractivity contribution in [2.24, 2.45) is 0 Å². The zero-order valence-electron chi connectivity index (χ0n) is 63.6. The highest BCUT2D eigenvalue weighted by molar-refractivity contribution is 7.47. The molecule has 17 nitrogen and oxygen atoms in total. The third kappa shape index (κ3) is 72.8. The van der Waals surface area contributed by atoms with Crippen LogP contribution in [0, 0.1) is 0 Å². The standard InChI is InChI=1S/C81H146O17P2/c1-5-9-13-17-21-25-29-33-37-41-45-49-53-57-61-65-78(83)91-71-76(97-80(85)67-63-59-55-51-47-43-39-35-31-27-23-19-15-11-7-3)73-95-99(87,88)93-69-75(82)70-94-100(89,90)96-74-77(98-81(86)68-64-60-56-52-48-44-40-36-32-28-24-20-16-12-8-4)72-92-79(84)66-62-58-54-50-46-42-38-34-30-26-22-18-14-10-6-2/h21,23,25,27,33-40,75-77,82H,5-20,22,24,26,28-32,41-74H2,1-4H3,(H,87,88)(H,89,90)/b25-21+,27-23+,37-33+,38-34+,39-35-,40-36+/t75-,76+,77+/m0/s1. The predicted octanol–water partition coefficient (Wildman–Crippen LogP) is 23.2. The van der Waals surface area contributed by atoms with E-state index in [9.17, 15) is 43.2 Å². The van der Waals surface area contributed by atoms with E-state index in [-0.39, 0.29) is 25.7 Å². The van der Waals surface area contributed by atoms with Crippen LogP contribution in [-0.2, 0) is 65.4 Å². The first-order chi connectivity index (χ1) is 48.7. The first-order valence-electron chi connectivity index (χ1n) is 40.2. The van der Waals surface area contributed by atoms with Gasteiger partial charge in [-0.15, -0.1) is 0 Å². The number of phosphoric ester groups is 2. The van der Waals surface area contributed by atoms with Crippen molar-refractivity contribution in [1.29, 1.82) is 0 Å². The number of hydrogen-bond acceptors (Lipinski definition) is 15. The highest BCUT2D eigenvalue weighted by Crippen LogP contribution is 2.45. The minimum Gasteiger partial charge on any atom is -0.462 e. The molecule has 0 amide bonds. The van der Waals surface area contributed by atoms with Crippen molar-refractivity contribution in [2.45, 2.75) is 380 Å². The van der Waals surface area contributed by atoms with Crippen molar-refractivity contribution in [2.75, 3.05) is 39.6 Å². The third-order valence-electron chi connectivity index (χ3n) is 17.1. The molecule has 0 rings (SSSR count). The van der Waals surface area contributed by atoms with Crippen molar-refractivity contribution in [3.63, 3.8) is 0 Å². The molecular weight excluding hydrogens is 1310 g/mol. The number of ether oxygens (including phenoxy) is 4. The molecule has 0 bridgehead atoms. The normalized spacial score (nSPS) is 14.3. The number of aliphatic hydroxyl groups is 1. The van der Waals surface area contributed by atoms with Gasteiger partial charge in [-0.05, 0) is 141 Å². The lowest BCUT2D eigenvalue weighted by Gasteiger charge is -2.21. The molecule has 0 aliphatic carbocycles. The quantitative estimate of drug-likeness (QED) is 0.0169. The second-order valence-corrected chi connectivity index (χ2v) is 29.9. The molecule has 0 aliphatic heterocycles. The van der Waals surface area contributed by atoms with Crippen molar-refractivity contribution in [1.82, 2.24) is 0 Å². The van der Waals surface area contributed by atoms with Gasteiger partial charge in [-0.25, -0.2) is 9.13 Å². The number of unbranched alkanes of at least 4 members (excludes halogenated alkanes) is 38. The first-order valence-corrected chi connectivity index (χ1v) is 43.2. The fourth-order valence-corrected chi connectivity index (χ4v) is 12.5. The summed E-state index contributed by atoms with van der Waals surface area (Å²) in [4.78, 5) is 73.0. The minimum absolute atomic E-state index is 0.0779. The van der Waals surface area contributed by atoms with Crippen LogP contribution in [0.15, 0.2) is 72.9 Å². The zero-order valence-corrected chi connectivity index (χ0v) is 65.4. The molecule has 3 N–H and O–H groups in total. The van der Waals surface area contributed by atoms with Gasteiger partial charge in [0.25, 0.3) is 0 Å². The van der Waals surface area contributed by atoms with Crippen molar-refractivity contribution >= 4 is 39.5 Å². The van der Waals surface area contributed by atoms with Crippen molar-refractivity contribution in [3.05, 3.63) is 72.9 Å². The van der Waals surface area contributed by atoms with Crippen LogP contribution in [0.4, 0.5) is 0 Å². The predicted molar refractivity (Wildman–Crippen MR) is 409 cm³/mol. The second kappa shape index (κ2) is 73.8. The lowest BCUT2D eigenvalue weighted by molar-refractivity contribution is -0.161. The van der Waals surface area contributed by atoms with Gasteiger partial charge in [0.1, 0.15) is 19.3 Å². The summed E-state index contributed by atoms with van der Waals surface area (Å²) in [6.45, 7) is 4.82. The number of phosphoric acid groups is 2. The molecule has 0 saturated heterocycles. The molecular formula is C81H146O17P2. The number of esters is 4. The van der Waals surface area contributed by atoms with Gasteiger partial charge < -0.3 is 33.8 Å². The van der Waals surface area contributed by atoms with Gasteiger partial charge in [0.15, 0.2) is 12.2 Å². The van der Waals surface area contributed by atoms with Gasteiger partial charge in [0, 0.05) is 25.7 Å². The summed E-state index contributed by atoms with van der Waals surface area (Å²) in [6.07, 6.45) is 74.4. The third-order valence-corrected chi connectivity index (χ3v) is 19.0. The summed E-state index contributed by atoms with van der Waals surface area (Å²) < 4.78 is 68.6. The van der Waals surface area contributed by atoms with Gasteiger partial charge >= 0.3 is 39.5 Å². The fourth-order valence-electron chi connectivity index (χ4n) is 10.9. The molecule has 100 heavy (non-hydrogen) atoms. The molecule has 0 aromatic heterocycles. The van der Waals surface area contributed by atoms with E-state index in [1.54, 1.807) is 0 Å². The maximum absolute atomic E-state index is 13.1. The Morgan fingerprint density at radius 2 is 0.490 bits per heavy atom. The smallest absolute Gasteiger partial charge is 0.462 e. The summed E-state index contributed by atoms with van der Waals surface area (Å²) in [5.74, 6) is -2.20. The molecule has 0 heterocycles. The van der Waals surface area contributed by atoms with E-state index in [4.69, 9.17) is 37.0 Å². The molecule has 582 valence electrons. The Kier molecular flexibility index (Phi) is 71.2. The molecule has 0 radical (unpaired) electrons. The fraction of sp³-hybridized carbons (Fsp3) is 0.802. The Balaban J connectivity index is 5.37. The molecule has 0 aliphatic rings. The van der Waals surface area contributed by atoms with E-state index in [1.165, 1.54) is 116 Å². The van der Waals surface area contributed by atoms with Crippen LogP contribution < -0.4 is 0 Å². The van der Waals surface area contributed by atoms with Gasteiger partial charge in [0.05, 0.1) is 26.4 Å². The number of allylic oxidation sites excluding steroid dienone is 12. The maximum atomic E-state index is 13.1. The molecule has 2 unspecified atom stereocenters. The molecule has 19 heteroatoms. The Morgan fingerprint density at radius 1 is 0.280 bits per heavy atom. The summed E-state index contributed by atoms with van der Waals surface area (Å²) in [5.41, 5.74) is 0. The van der Waals surface area contributed by atoms with E-state index >= 15 is 0 Å². The van der Waals surface area contributed by atoms with Crippen molar-refractivity contribution < 1.29 is 80.2 Å². The largest absolute Gasteiger partial charge is 0.472 e. The van der Waals surface area contributed by atoms with E-state index in [0.717, 1.165) is 167 Å². The molecule has 0 saturated carbocycles. The summed E-state index contributed by atoms with van der Waals surface area (Å²) in [5, 5.41) is 10.6. The zero-order chi connectivity index (χ0) is 73.2. The molecule has 0 spiro atoms. The van der Waals surface area contributed by atoms with Crippen LogP contribution in [0.2, 0.25) is 0 Å².